The molecule has 2 heterocycles. The van der Waals surface area contributed by atoms with E-state index in [2.05, 4.69) is 10.3 Å². The molecule has 2 aromatic heterocycles. The fraction of sp³-hybridized carbons (Fsp3) is 0.344. The molecule has 4 rings (SSSR count). The van der Waals surface area contributed by atoms with Gasteiger partial charge in [0, 0.05) is 36.3 Å². The van der Waals surface area contributed by atoms with Gasteiger partial charge in [-0.25, -0.2) is 4.98 Å². The molecule has 6 nitrogen and oxygen atoms in total. The molecule has 2 aromatic carbocycles. The summed E-state index contributed by atoms with van der Waals surface area (Å²) in [7, 11) is 0. The first-order valence-electron chi connectivity index (χ1n) is 13.9. The highest BCUT2D eigenvalue weighted by atomic mass is 19.4. The molecule has 4 aromatic rings. The summed E-state index contributed by atoms with van der Waals surface area (Å²) in [5.41, 5.74) is -2.52. The van der Waals surface area contributed by atoms with Gasteiger partial charge < -0.3 is 15.0 Å². The van der Waals surface area contributed by atoms with Crippen LogP contribution in [-0.4, -0.2) is 27.2 Å². The molecule has 0 radical (unpaired) electrons. The number of aliphatic hydroxyl groups is 1. The molecule has 1 amide bonds. The van der Waals surface area contributed by atoms with Crippen LogP contribution in [0.5, 0.6) is 0 Å². The predicted molar refractivity (Wildman–Crippen MR) is 154 cm³/mol. The first kappa shape index (κ1) is 32.7. The molecule has 12 heteroatoms. The van der Waals surface area contributed by atoms with Crippen molar-refractivity contribution in [1.29, 1.82) is 0 Å². The van der Waals surface area contributed by atoms with Crippen LogP contribution in [-0.2, 0) is 25.4 Å². The molecule has 44 heavy (non-hydrogen) atoms. The van der Waals surface area contributed by atoms with Crippen molar-refractivity contribution in [3.8, 4) is 11.1 Å². The zero-order chi connectivity index (χ0) is 32.4. The van der Waals surface area contributed by atoms with E-state index in [0.717, 1.165) is 0 Å². The quantitative estimate of drug-likeness (QED) is 0.195. The average molecular weight is 620 g/mol. The van der Waals surface area contributed by atoms with E-state index >= 15 is 0 Å². The normalized spacial score (nSPS) is 13.0. The molecule has 0 unspecified atom stereocenters. The number of hydrogen-bond acceptors (Lipinski definition) is 4. The minimum absolute atomic E-state index is 0.00550. The molecule has 0 aliphatic heterocycles. The number of amides is 1. The second kappa shape index (κ2) is 12.8. The van der Waals surface area contributed by atoms with Gasteiger partial charge in [0.25, 0.3) is 11.5 Å². The standard InChI is InChI=1S/C32H31F6N3O3/c1-18(2)25-10-9-24-26(21-7-5-4-6-8-21)28(41(12-11-19(3)17-42)30(44)27(24)40-25)29(43)39-16-20-13-22(31(33,34)35)15-23(14-20)32(36,37)38/h4-10,13-15,18-19,42H,11-12,16-17H2,1-3H3,(H,39,43)/t19-/m1/s1. The van der Waals surface area contributed by atoms with Crippen LogP contribution in [0.4, 0.5) is 26.3 Å². The summed E-state index contributed by atoms with van der Waals surface area (Å²) in [5, 5.41) is 12.4. The summed E-state index contributed by atoms with van der Waals surface area (Å²) < 4.78 is 81.8. The third-order valence-electron chi connectivity index (χ3n) is 7.27. The number of halogens is 6. The third-order valence-corrected chi connectivity index (χ3v) is 7.27. The van der Waals surface area contributed by atoms with E-state index in [1.54, 1.807) is 49.4 Å². The lowest BCUT2D eigenvalue weighted by Crippen LogP contribution is -2.34. The second-order valence-electron chi connectivity index (χ2n) is 11.0. The number of aliphatic hydroxyl groups excluding tert-OH is 1. The highest BCUT2D eigenvalue weighted by Crippen LogP contribution is 2.37. The number of rotatable bonds is 9. The van der Waals surface area contributed by atoms with Crippen molar-refractivity contribution in [3.63, 3.8) is 0 Å². The number of pyridine rings is 2. The van der Waals surface area contributed by atoms with Crippen molar-refractivity contribution in [2.45, 2.75) is 58.6 Å². The Bertz CT molecular complexity index is 1680. The molecule has 0 aliphatic carbocycles. The molecule has 0 saturated carbocycles. The van der Waals surface area contributed by atoms with Gasteiger partial charge in [-0.2, -0.15) is 26.3 Å². The highest BCUT2D eigenvalue weighted by molar-refractivity contribution is 6.07. The number of hydrogen-bond donors (Lipinski definition) is 2. The monoisotopic (exact) mass is 619 g/mol. The zero-order valence-corrected chi connectivity index (χ0v) is 24.2. The SMILES string of the molecule is CC(C)c1ccc2c(-c3ccccc3)c(C(=O)NCc3cc(C(F)(F)F)cc(C(F)(F)F)c3)n(CC[C@@H](C)CO)c(=O)c2n1. The summed E-state index contributed by atoms with van der Waals surface area (Å²) in [6.07, 6.45) is -9.81. The van der Waals surface area contributed by atoms with Crippen LogP contribution < -0.4 is 10.9 Å². The fourth-order valence-corrected chi connectivity index (χ4v) is 4.83. The van der Waals surface area contributed by atoms with E-state index in [1.165, 1.54) is 4.57 Å². The molecule has 0 bridgehead atoms. The van der Waals surface area contributed by atoms with Crippen LogP contribution in [0.15, 0.2) is 65.5 Å². The smallest absolute Gasteiger partial charge is 0.396 e. The molecule has 0 fully saturated rings. The maximum absolute atomic E-state index is 13.9. The lowest BCUT2D eigenvalue weighted by molar-refractivity contribution is -0.143. The van der Waals surface area contributed by atoms with Crippen LogP contribution in [0, 0.1) is 5.92 Å². The van der Waals surface area contributed by atoms with E-state index in [-0.39, 0.29) is 42.3 Å². The maximum Gasteiger partial charge on any atom is 0.416 e. The van der Waals surface area contributed by atoms with Crippen molar-refractivity contribution in [2.24, 2.45) is 5.92 Å². The molecule has 0 aliphatic rings. The minimum Gasteiger partial charge on any atom is -0.396 e. The largest absolute Gasteiger partial charge is 0.416 e. The predicted octanol–water partition coefficient (Wildman–Crippen LogP) is 7.17. The summed E-state index contributed by atoms with van der Waals surface area (Å²) in [6, 6.07) is 13.2. The number of nitrogens with one attached hydrogen (secondary N) is 1. The molecule has 2 N–H and O–H groups in total. The Balaban J connectivity index is 1.91. The molecular formula is C32H31F6N3O3. The van der Waals surface area contributed by atoms with Gasteiger partial charge in [-0.3, -0.25) is 9.59 Å². The Kier molecular flexibility index (Phi) is 9.53. The Hall–Kier alpha value is -4.19. The zero-order valence-electron chi connectivity index (χ0n) is 24.2. The van der Waals surface area contributed by atoms with Crippen molar-refractivity contribution in [3.05, 3.63) is 99.1 Å². The van der Waals surface area contributed by atoms with E-state index in [4.69, 9.17) is 0 Å². The summed E-state index contributed by atoms with van der Waals surface area (Å²) in [5.74, 6) is -1.13. The first-order valence-corrected chi connectivity index (χ1v) is 13.9. The van der Waals surface area contributed by atoms with Gasteiger partial charge in [0.05, 0.1) is 11.1 Å². The van der Waals surface area contributed by atoms with Crippen LogP contribution in [0.3, 0.4) is 0 Å². The van der Waals surface area contributed by atoms with Crippen molar-refractivity contribution in [1.82, 2.24) is 14.9 Å². The van der Waals surface area contributed by atoms with Gasteiger partial charge >= 0.3 is 12.4 Å². The maximum atomic E-state index is 13.9. The Labute approximate surface area is 249 Å². The Morgan fingerprint density at radius 2 is 1.55 bits per heavy atom. The molecule has 0 saturated heterocycles. The van der Waals surface area contributed by atoms with Gasteiger partial charge in [-0.05, 0) is 53.6 Å². The summed E-state index contributed by atoms with van der Waals surface area (Å²) >= 11 is 0. The van der Waals surface area contributed by atoms with E-state index in [9.17, 15) is 41.0 Å². The molecule has 1 atom stereocenters. The van der Waals surface area contributed by atoms with Gasteiger partial charge in [-0.15, -0.1) is 0 Å². The Morgan fingerprint density at radius 3 is 2.09 bits per heavy atom. The number of nitrogens with zero attached hydrogens (tertiary/aromatic N) is 2. The van der Waals surface area contributed by atoms with E-state index < -0.39 is 47.1 Å². The van der Waals surface area contributed by atoms with Gasteiger partial charge in [-0.1, -0.05) is 57.2 Å². The minimum atomic E-state index is -5.05. The fourth-order valence-electron chi connectivity index (χ4n) is 4.83. The third kappa shape index (κ3) is 7.12. The van der Waals surface area contributed by atoms with Crippen molar-refractivity contribution >= 4 is 16.8 Å². The lowest BCUT2D eigenvalue weighted by atomic mass is 9.96. The van der Waals surface area contributed by atoms with Gasteiger partial charge in [0.15, 0.2) is 0 Å². The average Bonchev–Trinajstić information content (AvgIpc) is 2.98. The molecule has 234 valence electrons. The number of carbonyl (C=O) groups is 1. The van der Waals surface area contributed by atoms with E-state index in [1.807, 2.05) is 13.8 Å². The number of fused-ring (bicyclic) bond motifs is 1. The number of alkyl halides is 6. The van der Waals surface area contributed by atoms with Crippen LogP contribution in [0.1, 0.15) is 66.0 Å². The summed E-state index contributed by atoms with van der Waals surface area (Å²) in [6.45, 7) is 4.71. The first-order chi connectivity index (χ1) is 20.6. The van der Waals surface area contributed by atoms with Crippen LogP contribution in [0.25, 0.3) is 22.0 Å². The highest BCUT2D eigenvalue weighted by Gasteiger charge is 2.37. The molecular weight excluding hydrogens is 588 g/mol. The molecule has 0 spiro atoms. The number of carbonyl (C=O) groups excluding carboxylic acids is 1. The lowest BCUT2D eigenvalue weighted by Gasteiger charge is -2.21. The van der Waals surface area contributed by atoms with E-state index in [0.29, 0.717) is 40.8 Å². The Morgan fingerprint density at radius 1 is 0.932 bits per heavy atom. The topological polar surface area (TPSA) is 84.2 Å². The number of aromatic nitrogens is 2. The second-order valence-corrected chi connectivity index (χ2v) is 11.0. The van der Waals surface area contributed by atoms with Crippen LogP contribution >= 0.6 is 0 Å². The van der Waals surface area contributed by atoms with Crippen molar-refractivity contribution in [2.75, 3.05) is 6.61 Å². The van der Waals surface area contributed by atoms with Gasteiger partial charge in [0.1, 0.15) is 11.2 Å². The van der Waals surface area contributed by atoms with Gasteiger partial charge in [0.2, 0.25) is 0 Å². The number of benzene rings is 2. The van der Waals surface area contributed by atoms with Crippen molar-refractivity contribution < 1.29 is 36.2 Å². The summed E-state index contributed by atoms with van der Waals surface area (Å²) in [4.78, 5) is 32.4. The van der Waals surface area contributed by atoms with Crippen LogP contribution in [0.2, 0.25) is 0 Å².